The number of hydrogen-bond donors (Lipinski definition) is 2. The molecule has 0 radical (unpaired) electrons. The molecule has 0 fully saturated rings. The molecule has 1 aromatic rings. The molecular weight excluding hydrogens is 316 g/mol. The molecule has 1 aromatic heterocycles. The van der Waals surface area contributed by atoms with Crippen LogP contribution in [0.2, 0.25) is 0 Å². The van der Waals surface area contributed by atoms with Gasteiger partial charge in [0.2, 0.25) is 10.0 Å². The molecule has 0 amide bonds. The molecule has 0 aliphatic carbocycles. The molecule has 0 aliphatic rings. The number of nitrogens with one attached hydrogen (secondary N) is 1. The standard InChI is InChI=1S/C10H13F2NO5S2/c1-10(9(11)12,5-7(14)15)13-20(16,17)6-3-4-19-8(6)18-2/h3-4,9,13H,5H2,1-2H3,(H,14,15). The average Bonchev–Trinajstić information content (AvgIpc) is 2.75. The lowest BCUT2D eigenvalue weighted by Gasteiger charge is -2.27. The number of sulfonamides is 1. The van der Waals surface area contributed by atoms with E-state index in [-0.39, 0.29) is 9.96 Å². The molecule has 114 valence electrons. The van der Waals surface area contributed by atoms with Crippen LogP contribution in [0.3, 0.4) is 0 Å². The van der Waals surface area contributed by atoms with Gasteiger partial charge < -0.3 is 9.84 Å². The minimum Gasteiger partial charge on any atom is -0.486 e. The van der Waals surface area contributed by atoms with Crippen LogP contribution >= 0.6 is 11.3 Å². The summed E-state index contributed by atoms with van der Waals surface area (Å²) in [7, 11) is -3.07. The number of rotatable bonds is 7. The van der Waals surface area contributed by atoms with Crippen molar-refractivity contribution < 1.29 is 31.8 Å². The molecule has 0 aromatic carbocycles. The molecule has 10 heteroatoms. The van der Waals surface area contributed by atoms with Crippen LogP contribution in [0.5, 0.6) is 5.06 Å². The molecule has 1 rings (SSSR count). The van der Waals surface area contributed by atoms with E-state index in [2.05, 4.69) is 0 Å². The third-order valence-electron chi connectivity index (χ3n) is 2.44. The van der Waals surface area contributed by atoms with Crippen molar-refractivity contribution in [2.24, 2.45) is 0 Å². The number of thiophene rings is 1. The van der Waals surface area contributed by atoms with E-state index in [9.17, 15) is 22.0 Å². The summed E-state index contributed by atoms with van der Waals surface area (Å²) in [4.78, 5) is 10.3. The normalized spacial score (nSPS) is 15.1. The van der Waals surface area contributed by atoms with Crippen LogP contribution in [0.4, 0.5) is 8.78 Å². The van der Waals surface area contributed by atoms with Crippen molar-refractivity contribution in [1.29, 1.82) is 0 Å². The van der Waals surface area contributed by atoms with Gasteiger partial charge in [-0.3, -0.25) is 4.79 Å². The zero-order chi connectivity index (χ0) is 15.6. The molecule has 1 heterocycles. The van der Waals surface area contributed by atoms with Crippen molar-refractivity contribution in [2.75, 3.05) is 7.11 Å². The van der Waals surface area contributed by atoms with Crippen LogP contribution in [0.15, 0.2) is 16.3 Å². The number of carboxylic acids is 1. The summed E-state index contributed by atoms with van der Waals surface area (Å²) in [5, 5.41) is 10.1. The third kappa shape index (κ3) is 3.64. The molecule has 0 saturated carbocycles. The van der Waals surface area contributed by atoms with Gasteiger partial charge in [0.05, 0.1) is 13.5 Å². The molecule has 2 N–H and O–H groups in total. The Bertz CT molecular complexity index is 586. The lowest BCUT2D eigenvalue weighted by Crippen LogP contribution is -2.52. The molecule has 1 unspecified atom stereocenters. The Kier molecular flexibility index (Phi) is 5.05. The molecule has 20 heavy (non-hydrogen) atoms. The molecule has 0 saturated heterocycles. The lowest BCUT2D eigenvalue weighted by molar-refractivity contribution is -0.140. The van der Waals surface area contributed by atoms with E-state index >= 15 is 0 Å². The Hall–Kier alpha value is -1.26. The fraction of sp³-hybridized carbons (Fsp3) is 0.500. The van der Waals surface area contributed by atoms with Gasteiger partial charge in [0, 0.05) is 0 Å². The first-order chi connectivity index (χ1) is 9.12. The molecule has 1 atom stereocenters. The third-order valence-corrected chi connectivity index (χ3v) is 5.08. The maximum atomic E-state index is 13.0. The van der Waals surface area contributed by atoms with Gasteiger partial charge in [0.1, 0.15) is 10.4 Å². The quantitative estimate of drug-likeness (QED) is 0.791. The summed E-state index contributed by atoms with van der Waals surface area (Å²) in [6.07, 6.45) is -4.23. The predicted octanol–water partition coefficient (Wildman–Crippen LogP) is 1.53. The maximum absolute atomic E-state index is 13.0. The van der Waals surface area contributed by atoms with E-state index in [0.29, 0.717) is 0 Å². The first-order valence-electron chi connectivity index (χ1n) is 5.28. The van der Waals surface area contributed by atoms with Crippen LogP contribution in [0.1, 0.15) is 13.3 Å². The zero-order valence-electron chi connectivity index (χ0n) is 10.6. The van der Waals surface area contributed by atoms with Crippen molar-refractivity contribution >= 4 is 27.3 Å². The highest BCUT2D eigenvalue weighted by Crippen LogP contribution is 2.31. The number of carbonyl (C=O) groups is 1. The van der Waals surface area contributed by atoms with Gasteiger partial charge in [-0.1, -0.05) is 0 Å². The average molecular weight is 329 g/mol. The minimum absolute atomic E-state index is 0.0319. The van der Waals surface area contributed by atoms with Crippen molar-refractivity contribution in [3.8, 4) is 5.06 Å². The Morgan fingerprint density at radius 1 is 1.60 bits per heavy atom. The van der Waals surface area contributed by atoms with Crippen LogP contribution in [0.25, 0.3) is 0 Å². The SMILES string of the molecule is COc1sccc1S(=O)(=O)NC(C)(CC(=O)O)C(F)F. The number of ether oxygens (including phenoxy) is 1. The first-order valence-corrected chi connectivity index (χ1v) is 7.64. The first kappa shape index (κ1) is 16.8. The fourth-order valence-corrected chi connectivity index (χ4v) is 4.07. The van der Waals surface area contributed by atoms with E-state index < -0.39 is 34.4 Å². The zero-order valence-corrected chi connectivity index (χ0v) is 12.2. The van der Waals surface area contributed by atoms with Gasteiger partial charge in [0.25, 0.3) is 6.43 Å². The summed E-state index contributed by atoms with van der Waals surface area (Å²) in [6, 6.07) is 1.19. The van der Waals surface area contributed by atoms with Crippen LogP contribution in [0, 0.1) is 0 Å². The van der Waals surface area contributed by atoms with Crippen LogP contribution in [-0.4, -0.2) is 38.6 Å². The summed E-state index contributed by atoms with van der Waals surface area (Å²) in [5.74, 6) is -1.53. The molecule has 0 bridgehead atoms. The largest absolute Gasteiger partial charge is 0.486 e. The lowest BCUT2D eigenvalue weighted by atomic mass is 10.0. The number of halogens is 2. The van der Waals surface area contributed by atoms with E-state index in [1.807, 2.05) is 0 Å². The van der Waals surface area contributed by atoms with E-state index in [1.54, 1.807) is 4.72 Å². The van der Waals surface area contributed by atoms with Crippen molar-refractivity contribution in [3.05, 3.63) is 11.4 Å². The minimum atomic E-state index is -4.32. The summed E-state index contributed by atoms with van der Waals surface area (Å²) < 4.78 is 56.7. The van der Waals surface area contributed by atoms with Crippen LogP contribution < -0.4 is 9.46 Å². The van der Waals surface area contributed by atoms with Crippen molar-refractivity contribution in [1.82, 2.24) is 4.72 Å². The second-order valence-electron chi connectivity index (χ2n) is 4.17. The highest BCUT2D eigenvalue weighted by atomic mass is 32.2. The van der Waals surface area contributed by atoms with Crippen LogP contribution in [-0.2, 0) is 14.8 Å². The number of aliphatic carboxylic acids is 1. The number of carboxylic acid groups (broad SMARTS) is 1. The van der Waals surface area contributed by atoms with Gasteiger partial charge in [0.15, 0.2) is 5.06 Å². The highest BCUT2D eigenvalue weighted by Gasteiger charge is 2.42. The maximum Gasteiger partial charge on any atom is 0.305 e. The summed E-state index contributed by atoms with van der Waals surface area (Å²) >= 11 is 0.980. The van der Waals surface area contributed by atoms with Gasteiger partial charge in [-0.25, -0.2) is 17.2 Å². The predicted molar refractivity (Wildman–Crippen MR) is 67.9 cm³/mol. The Morgan fingerprint density at radius 3 is 2.65 bits per heavy atom. The van der Waals surface area contributed by atoms with Crippen molar-refractivity contribution in [2.45, 2.75) is 30.2 Å². The highest BCUT2D eigenvalue weighted by molar-refractivity contribution is 7.89. The molecule has 0 spiro atoms. The fourth-order valence-electron chi connectivity index (χ4n) is 1.47. The van der Waals surface area contributed by atoms with Gasteiger partial charge in [-0.05, 0) is 18.4 Å². The Balaban J connectivity index is 3.13. The van der Waals surface area contributed by atoms with Gasteiger partial charge >= 0.3 is 5.97 Å². The number of methoxy groups -OCH3 is 1. The van der Waals surface area contributed by atoms with Gasteiger partial charge in [-0.15, -0.1) is 11.3 Å². The smallest absolute Gasteiger partial charge is 0.305 e. The summed E-state index contributed by atoms with van der Waals surface area (Å²) in [6.45, 7) is 0.835. The van der Waals surface area contributed by atoms with Gasteiger partial charge in [-0.2, -0.15) is 4.72 Å². The monoisotopic (exact) mass is 329 g/mol. The Morgan fingerprint density at radius 2 is 2.20 bits per heavy atom. The second-order valence-corrected chi connectivity index (χ2v) is 6.70. The van der Waals surface area contributed by atoms with Crippen molar-refractivity contribution in [3.63, 3.8) is 0 Å². The van der Waals surface area contributed by atoms with E-state index in [1.165, 1.54) is 18.6 Å². The second kappa shape index (κ2) is 6.02. The van der Waals surface area contributed by atoms with E-state index in [0.717, 1.165) is 18.3 Å². The van der Waals surface area contributed by atoms with E-state index in [4.69, 9.17) is 9.84 Å². The molecular formula is C10H13F2NO5S2. The molecule has 0 aliphatic heterocycles. The topological polar surface area (TPSA) is 92.7 Å². The molecule has 6 nitrogen and oxygen atoms in total. The number of hydrogen-bond acceptors (Lipinski definition) is 5. The summed E-state index contributed by atoms with van der Waals surface area (Å²) in [5.41, 5.74) is -2.41. The Labute approximate surface area is 118 Å². The number of alkyl halides is 2.